The molecule has 0 aliphatic carbocycles. The number of carbonyl (C=O) groups excluding carboxylic acids is 1. The Morgan fingerprint density at radius 2 is 2.04 bits per heavy atom. The molecule has 2 aromatic heterocycles. The van der Waals surface area contributed by atoms with Crippen molar-refractivity contribution in [3.63, 3.8) is 0 Å². The number of hydrogen-bond acceptors (Lipinski definition) is 5. The monoisotopic (exact) mass is 344 g/mol. The van der Waals surface area contributed by atoms with Crippen molar-refractivity contribution >= 4 is 28.6 Å². The molecule has 1 N–H and O–H groups in total. The van der Waals surface area contributed by atoms with E-state index < -0.39 is 0 Å². The number of thiazole rings is 1. The van der Waals surface area contributed by atoms with Crippen molar-refractivity contribution in [2.75, 3.05) is 6.61 Å². The molecule has 0 aliphatic heterocycles. The summed E-state index contributed by atoms with van der Waals surface area (Å²) in [6.45, 7) is 2.52. The molecule has 1 amide bonds. The predicted octanol–water partition coefficient (Wildman–Crippen LogP) is 3.88. The van der Waals surface area contributed by atoms with Crippen molar-refractivity contribution in [2.24, 2.45) is 0 Å². The lowest BCUT2D eigenvalue weighted by Crippen LogP contribution is -2.28. The SMILES string of the molecule is Cc1nc(-c2ccc(CNC(=O)COc3ccccc3)s2)cs1. The number of para-hydroxylation sites is 1. The average molecular weight is 344 g/mol. The van der Waals surface area contributed by atoms with Crippen LogP contribution in [0.1, 0.15) is 9.88 Å². The molecule has 0 unspecified atom stereocenters. The number of aryl methyl sites for hydroxylation is 1. The quantitative estimate of drug-likeness (QED) is 0.738. The number of rotatable bonds is 6. The number of ether oxygens (including phenoxy) is 1. The van der Waals surface area contributed by atoms with Gasteiger partial charge in [-0.05, 0) is 31.2 Å². The van der Waals surface area contributed by atoms with Crippen molar-refractivity contribution in [2.45, 2.75) is 13.5 Å². The fourth-order valence-corrected chi connectivity index (χ4v) is 3.59. The van der Waals surface area contributed by atoms with E-state index in [1.54, 1.807) is 22.7 Å². The molecule has 6 heteroatoms. The Morgan fingerprint density at radius 3 is 2.78 bits per heavy atom. The lowest BCUT2D eigenvalue weighted by Gasteiger charge is -2.06. The van der Waals surface area contributed by atoms with Crippen molar-refractivity contribution in [1.29, 1.82) is 0 Å². The first-order valence-electron chi connectivity index (χ1n) is 7.16. The van der Waals surface area contributed by atoms with Crippen LogP contribution in [0.2, 0.25) is 0 Å². The van der Waals surface area contributed by atoms with Gasteiger partial charge in [0, 0.05) is 10.3 Å². The first-order chi connectivity index (χ1) is 11.2. The van der Waals surface area contributed by atoms with Gasteiger partial charge in [-0.1, -0.05) is 18.2 Å². The van der Waals surface area contributed by atoms with E-state index in [-0.39, 0.29) is 12.5 Å². The zero-order valence-electron chi connectivity index (χ0n) is 12.6. The van der Waals surface area contributed by atoms with Crippen LogP contribution in [0, 0.1) is 6.92 Å². The van der Waals surface area contributed by atoms with Crippen molar-refractivity contribution < 1.29 is 9.53 Å². The molecule has 3 rings (SSSR count). The largest absolute Gasteiger partial charge is 0.484 e. The molecule has 0 saturated carbocycles. The van der Waals surface area contributed by atoms with Gasteiger partial charge < -0.3 is 10.1 Å². The topological polar surface area (TPSA) is 51.2 Å². The van der Waals surface area contributed by atoms with Gasteiger partial charge in [-0.2, -0.15) is 0 Å². The van der Waals surface area contributed by atoms with E-state index >= 15 is 0 Å². The van der Waals surface area contributed by atoms with Crippen LogP contribution in [0.5, 0.6) is 5.75 Å². The summed E-state index contributed by atoms with van der Waals surface area (Å²) in [6.07, 6.45) is 0. The molecule has 23 heavy (non-hydrogen) atoms. The number of amides is 1. The third-order valence-corrected chi connectivity index (χ3v) is 4.99. The Bertz CT molecular complexity index is 781. The number of thiophene rings is 1. The van der Waals surface area contributed by atoms with E-state index in [2.05, 4.69) is 15.7 Å². The molecule has 0 bridgehead atoms. The van der Waals surface area contributed by atoms with Crippen LogP contribution in [0.4, 0.5) is 0 Å². The summed E-state index contributed by atoms with van der Waals surface area (Å²) in [5.41, 5.74) is 1.00. The van der Waals surface area contributed by atoms with Gasteiger partial charge in [0.15, 0.2) is 6.61 Å². The van der Waals surface area contributed by atoms with E-state index in [0.29, 0.717) is 12.3 Å². The van der Waals surface area contributed by atoms with Gasteiger partial charge in [-0.3, -0.25) is 4.79 Å². The van der Waals surface area contributed by atoms with Crippen LogP contribution in [0.15, 0.2) is 47.8 Å². The van der Waals surface area contributed by atoms with Gasteiger partial charge in [0.05, 0.1) is 22.1 Å². The van der Waals surface area contributed by atoms with Crippen molar-refractivity contribution in [1.82, 2.24) is 10.3 Å². The first-order valence-corrected chi connectivity index (χ1v) is 8.86. The normalized spacial score (nSPS) is 10.5. The molecule has 0 atom stereocenters. The van der Waals surface area contributed by atoms with Gasteiger partial charge in [0.2, 0.25) is 0 Å². The van der Waals surface area contributed by atoms with Gasteiger partial charge in [-0.25, -0.2) is 4.98 Å². The molecule has 1 aromatic carbocycles. The molecule has 0 saturated heterocycles. The molecule has 0 spiro atoms. The van der Waals surface area contributed by atoms with E-state index in [0.717, 1.165) is 20.5 Å². The molecular weight excluding hydrogens is 328 g/mol. The highest BCUT2D eigenvalue weighted by Crippen LogP contribution is 2.28. The third-order valence-electron chi connectivity index (χ3n) is 3.11. The predicted molar refractivity (Wildman–Crippen MR) is 93.9 cm³/mol. The number of aromatic nitrogens is 1. The lowest BCUT2D eigenvalue weighted by molar-refractivity contribution is -0.123. The lowest BCUT2D eigenvalue weighted by atomic mass is 10.3. The number of hydrogen-bond donors (Lipinski definition) is 1. The zero-order valence-corrected chi connectivity index (χ0v) is 14.2. The zero-order chi connectivity index (χ0) is 16.1. The van der Waals surface area contributed by atoms with Crippen molar-refractivity contribution in [3.05, 3.63) is 57.7 Å². The van der Waals surface area contributed by atoms with Gasteiger partial charge in [0.25, 0.3) is 5.91 Å². The highest BCUT2D eigenvalue weighted by Gasteiger charge is 2.08. The molecular formula is C17H16N2O2S2. The standard InChI is InChI=1S/C17H16N2O2S2/c1-12-19-15(11-22-12)16-8-7-14(23-16)9-18-17(20)10-21-13-5-3-2-4-6-13/h2-8,11H,9-10H2,1H3,(H,18,20). The van der Waals surface area contributed by atoms with E-state index in [4.69, 9.17) is 4.74 Å². The van der Waals surface area contributed by atoms with Gasteiger partial charge >= 0.3 is 0 Å². The summed E-state index contributed by atoms with van der Waals surface area (Å²) < 4.78 is 5.42. The fraction of sp³-hybridized carbons (Fsp3) is 0.176. The first kappa shape index (κ1) is 15.7. The maximum absolute atomic E-state index is 11.8. The van der Waals surface area contributed by atoms with Crippen LogP contribution in [0.3, 0.4) is 0 Å². The summed E-state index contributed by atoms with van der Waals surface area (Å²) in [5, 5.41) is 5.98. The van der Waals surface area contributed by atoms with E-state index in [1.807, 2.05) is 49.4 Å². The summed E-state index contributed by atoms with van der Waals surface area (Å²) in [7, 11) is 0. The number of nitrogens with one attached hydrogen (secondary N) is 1. The number of nitrogens with zero attached hydrogens (tertiary/aromatic N) is 1. The average Bonchev–Trinajstić information content (AvgIpc) is 3.20. The Morgan fingerprint density at radius 1 is 1.22 bits per heavy atom. The minimum absolute atomic E-state index is 0.0214. The molecule has 0 fully saturated rings. The Balaban J connectivity index is 1.48. The maximum Gasteiger partial charge on any atom is 0.258 e. The minimum Gasteiger partial charge on any atom is -0.484 e. The Labute approximate surface area is 142 Å². The maximum atomic E-state index is 11.8. The van der Waals surface area contributed by atoms with Crippen LogP contribution >= 0.6 is 22.7 Å². The summed E-state index contributed by atoms with van der Waals surface area (Å²) in [5.74, 6) is 0.563. The highest BCUT2D eigenvalue weighted by molar-refractivity contribution is 7.16. The van der Waals surface area contributed by atoms with Crippen LogP contribution in [-0.2, 0) is 11.3 Å². The number of benzene rings is 1. The van der Waals surface area contributed by atoms with Crippen molar-refractivity contribution in [3.8, 4) is 16.3 Å². The second kappa shape index (κ2) is 7.39. The van der Waals surface area contributed by atoms with E-state index in [1.165, 1.54) is 0 Å². The van der Waals surface area contributed by atoms with Crippen LogP contribution in [0.25, 0.3) is 10.6 Å². The summed E-state index contributed by atoms with van der Waals surface area (Å²) in [4.78, 5) is 18.5. The summed E-state index contributed by atoms with van der Waals surface area (Å²) >= 11 is 3.28. The van der Waals surface area contributed by atoms with E-state index in [9.17, 15) is 4.79 Å². The molecule has 118 valence electrons. The molecule has 4 nitrogen and oxygen atoms in total. The molecule has 0 radical (unpaired) electrons. The van der Waals surface area contributed by atoms with Gasteiger partial charge in [0.1, 0.15) is 5.75 Å². The Hall–Kier alpha value is -2.18. The van der Waals surface area contributed by atoms with Crippen LogP contribution in [-0.4, -0.2) is 17.5 Å². The molecule has 2 heterocycles. The molecule has 0 aliphatic rings. The second-order valence-electron chi connectivity index (χ2n) is 4.90. The smallest absolute Gasteiger partial charge is 0.258 e. The van der Waals surface area contributed by atoms with Gasteiger partial charge in [-0.15, -0.1) is 22.7 Å². The fourth-order valence-electron chi connectivity index (χ4n) is 1.99. The minimum atomic E-state index is -0.131. The molecule has 3 aromatic rings. The Kier molecular flexibility index (Phi) is 5.05. The summed E-state index contributed by atoms with van der Waals surface area (Å²) in [6, 6.07) is 13.4. The second-order valence-corrected chi connectivity index (χ2v) is 7.13. The highest BCUT2D eigenvalue weighted by atomic mass is 32.1. The number of carbonyl (C=O) groups is 1. The third kappa shape index (κ3) is 4.40. The van der Waals surface area contributed by atoms with Crippen LogP contribution < -0.4 is 10.1 Å².